The molecular formula is C36H62N6O7. The Hall–Kier alpha value is -3.64. The zero-order valence-corrected chi connectivity index (χ0v) is 31.7. The number of Topliss-reactive ketones (excluding diaryl/α,β-unsaturated/α-hetero) is 1. The summed E-state index contributed by atoms with van der Waals surface area (Å²) in [5.74, 6) is -2.62. The summed E-state index contributed by atoms with van der Waals surface area (Å²) in [7, 11) is 0. The van der Waals surface area contributed by atoms with Crippen LogP contribution in [0.1, 0.15) is 95.4 Å². The first-order valence-corrected chi connectivity index (χ1v) is 17.7. The number of carbonyl (C=O) groups excluding carboxylic acids is 6. The number of piperidine rings is 1. The van der Waals surface area contributed by atoms with Crippen LogP contribution in [0.25, 0.3) is 0 Å². The molecule has 0 aromatic carbocycles. The lowest BCUT2D eigenvalue weighted by Gasteiger charge is -2.39. The molecule has 1 saturated carbocycles. The predicted molar refractivity (Wildman–Crippen MR) is 188 cm³/mol. The van der Waals surface area contributed by atoms with Crippen LogP contribution < -0.4 is 21.3 Å². The van der Waals surface area contributed by atoms with E-state index in [2.05, 4.69) is 41.7 Å². The number of urea groups is 1. The summed E-state index contributed by atoms with van der Waals surface area (Å²) < 4.78 is 5.16. The summed E-state index contributed by atoms with van der Waals surface area (Å²) >= 11 is 0. The molecule has 3 rings (SSSR count). The van der Waals surface area contributed by atoms with Crippen molar-refractivity contribution in [1.82, 2.24) is 31.1 Å². The normalized spacial score (nSPS) is 22.9. The molecule has 2 saturated heterocycles. The van der Waals surface area contributed by atoms with Crippen molar-refractivity contribution in [2.75, 3.05) is 32.8 Å². The first kappa shape index (κ1) is 41.5. The quantitative estimate of drug-likeness (QED) is 0.179. The smallest absolute Gasteiger partial charge is 0.409 e. The number of nitrogens with zero attached hydrogens (tertiary/aromatic N) is 2. The van der Waals surface area contributed by atoms with E-state index in [-0.39, 0.29) is 30.3 Å². The number of ketones is 1. The second-order valence-corrected chi connectivity index (χ2v) is 16.2. The van der Waals surface area contributed by atoms with Gasteiger partial charge < -0.3 is 35.8 Å². The average Bonchev–Trinajstić information content (AvgIpc) is 3.33. The van der Waals surface area contributed by atoms with E-state index in [4.69, 9.17) is 4.74 Å². The zero-order chi connectivity index (χ0) is 37.5. The number of likely N-dealkylation sites (tertiary alicyclic amines) is 1. The van der Waals surface area contributed by atoms with Crippen LogP contribution in [-0.2, 0) is 23.9 Å². The molecule has 3 unspecified atom stereocenters. The van der Waals surface area contributed by atoms with Gasteiger partial charge in [0.1, 0.15) is 12.1 Å². The van der Waals surface area contributed by atoms with E-state index in [0.717, 1.165) is 0 Å². The average molecular weight is 691 g/mol. The van der Waals surface area contributed by atoms with Crippen LogP contribution in [0.4, 0.5) is 9.59 Å². The molecule has 0 bridgehead atoms. The third kappa shape index (κ3) is 10.7. The molecule has 1 aliphatic carbocycles. The summed E-state index contributed by atoms with van der Waals surface area (Å²) in [5.41, 5.74) is -1.33. The number of nitrogens with one attached hydrogen (secondary N) is 4. The van der Waals surface area contributed by atoms with Gasteiger partial charge in [-0.1, -0.05) is 88.2 Å². The number of rotatable bonds is 12. The molecule has 4 N–H and O–H groups in total. The summed E-state index contributed by atoms with van der Waals surface area (Å²) in [6.07, 6.45) is 4.36. The first-order valence-electron chi connectivity index (χ1n) is 17.7. The van der Waals surface area contributed by atoms with Gasteiger partial charge in [0, 0.05) is 26.2 Å². The zero-order valence-electron chi connectivity index (χ0n) is 31.7. The molecule has 0 spiro atoms. The van der Waals surface area contributed by atoms with Gasteiger partial charge in [-0.3, -0.25) is 19.2 Å². The van der Waals surface area contributed by atoms with Crippen molar-refractivity contribution in [2.24, 2.45) is 28.1 Å². The lowest BCUT2D eigenvalue weighted by Crippen LogP contribution is -2.62. The summed E-state index contributed by atoms with van der Waals surface area (Å²) in [4.78, 5) is 81.4. The van der Waals surface area contributed by atoms with E-state index in [0.29, 0.717) is 26.1 Å². The van der Waals surface area contributed by atoms with Gasteiger partial charge in [-0.2, -0.15) is 0 Å². The van der Waals surface area contributed by atoms with Crippen LogP contribution in [0.5, 0.6) is 0 Å². The number of carbonyl (C=O) groups is 6. The lowest BCUT2D eigenvalue weighted by atomic mass is 9.85. The highest BCUT2D eigenvalue weighted by Gasteiger charge is 2.69. The van der Waals surface area contributed by atoms with Crippen molar-refractivity contribution in [3.63, 3.8) is 0 Å². The SMILES string of the molecule is C=CCNC(=O)C(=O)C(C)NC(=O)[C@@H]1C2C(CN1C(=O)[C@@H](NC(=O)N[C@H](CN1CCCOC1=O)C(C)(C)C)C(C)(C)C)C2(C)C.CCCC. The van der Waals surface area contributed by atoms with E-state index in [1.807, 2.05) is 55.4 Å². The highest BCUT2D eigenvalue weighted by molar-refractivity contribution is 6.38. The molecule has 3 aliphatic rings. The highest BCUT2D eigenvalue weighted by Crippen LogP contribution is 2.65. The highest BCUT2D eigenvalue weighted by atomic mass is 16.6. The van der Waals surface area contributed by atoms with Crippen LogP contribution in [0.15, 0.2) is 12.7 Å². The number of amides is 6. The second-order valence-electron chi connectivity index (χ2n) is 16.2. The Labute approximate surface area is 293 Å². The monoisotopic (exact) mass is 690 g/mol. The molecule has 0 radical (unpaired) electrons. The molecule has 13 nitrogen and oxygen atoms in total. The Bertz CT molecular complexity index is 1240. The molecule has 6 atom stereocenters. The number of fused-ring (bicyclic) bond motifs is 1. The Kier molecular flexibility index (Phi) is 14.3. The number of unbranched alkanes of at least 4 members (excludes halogenated alkanes) is 1. The minimum Gasteiger partial charge on any atom is -0.449 e. The number of ether oxygens (including phenoxy) is 1. The second kappa shape index (κ2) is 16.8. The summed E-state index contributed by atoms with van der Waals surface area (Å²) in [6, 6.07) is -3.97. The van der Waals surface area contributed by atoms with Crippen molar-refractivity contribution in [2.45, 2.75) is 120 Å². The van der Waals surface area contributed by atoms with Gasteiger partial charge in [0.25, 0.3) is 5.91 Å². The van der Waals surface area contributed by atoms with Crippen molar-refractivity contribution < 1.29 is 33.5 Å². The lowest BCUT2D eigenvalue weighted by molar-refractivity contribution is -0.145. The van der Waals surface area contributed by atoms with Crippen molar-refractivity contribution in [3.8, 4) is 0 Å². The van der Waals surface area contributed by atoms with Gasteiger partial charge in [0.15, 0.2) is 0 Å². The Morgan fingerprint density at radius 1 is 1.00 bits per heavy atom. The van der Waals surface area contributed by atoms with Crippen LogP contribution in [0.2, 0.25) is 0 Å². The minimum absolute atomic E-state index is 0.0723. The molecule has 0 aromatic heterocycles. The molecular weight excluding hydrogens is 628 g/mol. The van der Waals surface area contributed by atoms with Crippen molar-refractivity contribution >= 4 is 35.6 Å². The van der Waals surface area contributed by atoms with Crippen LogP contribution in [0, 0.1) is 28.1 Å². The molecule has 6 amide bonds. The number of hydrogen-bond donors (Lipinski definition) is 4. The van der Waals surface area contributed by atoms with Gasteiger partial charge in [0.05, 0.1) is 18.7 Å². The van der Waals surface area contributed by atoms with Crippen LogP contribution in [0.3, 0.4) is 0 Å². The molecule has 0 aromatic rings. The number of cyclic esters (lactones) is 1. The van der Waals surface area contributed by atoms with E-state index in [1.54, 1.807) is 4.90 Å². The van der Waals surface area contributed by atoms with E-state index in [9.17, 15) is 28.8 Å². The fourth-order valence-corrected chi connectivity index (χ4v) is 6.29. The van der Waals surface area contributed by atoms with E-state index >= 15 is 0 Å². The maximum absolute atomic E-state index is 14.2. The summed E-state index contributed by atoms with van der Waals surface area (Å²) in [6.45, 7) is 26.3. The van der Waals surface area contributed by atoms with Crippen LogP contribution >= 0.6 is 0 Å². The fourth-order valence-electron chi connectivity index (χ4n) is 6.29. The first-order chi connectivity index (χ1) is 22.6. The molecule has 278 valence electrons. The Morgan fingerprint density at radius 2 is 1.61 bits per heavy atom. The third-order valence-corrected chi connectivity index (χ3v) is 9.84. The molecule has 3 fully saturated rings. The van der Waals surface area contributed by atoms with Crippen molar-refractivity contribution in [3.05, 3.63) is 12.7 Å². The topological polar surface area (TPSA) is 166 Å². The van der Waals surface area contributed by atoms with Gasteiger partial charge in [-0.15, -0.1) is 6.58 Å². The van der Waals surface area contributed by atoms with E-state index < -0.39 is 70.6 Å². The third-order valence-electron chi connectivity index (χ3n) is 9.84. The predicted octanol–water partition coefficient (Wildman–Crippen LogP) is 3.62. The summed E-state index contributed by atoms with van der Waals surface area (Å²) in [5, 5.41) is 10.9. The fraction of sp³-hybridized carbons (Fsp3) is 0.778. The van der Waals surface area contributed by atoms with Gasteiger partial charge in [-0.05, 0) is 41.4 Å². The number of hydrogen-bond acceptors (Lipinski definition) is 7. The Morgan fingerprint density at radius 3 is 2.12 bits per heavy atom. The van der Waals surface area contributed by atoms with Gasteiger partial charge in [0.2, 0.25) is 17.6 Å². The van der Waals surface area contributed by atoms with Crippen molar-refractivity contribution in [1.29, 1.82) is 0 Å². The van der Waals surface area contributed by atoms with Gasteiger partial charge >= 0.3 is 12.1 Å². The standard InChI is InChI=1S/C32H52N6O7.C4H10/c1-11-13-33-26(41)23(39)18(2)34-25(40)22-21-19(32(21,9)10)16-38(22)27(42)24(31(6,7)8)36-28(43)35-20(30(3,4)5)17-37-14-12-15-45-29(37)44;1-3-4-2/h11,18-22,24H,1,12-17H2,2-10H3,(H,33,41)(H,34,40)(H2,35,36,43);3-4H2,1-2H3/t18?,19?,20-,21?,22+,24-;/m1./s1. The van der Waals surface area contributed by atoms with E-state index in [1.165, 1.54) is 30.7 Å². The minimum atomic E-state index is -1.10. The molecule has 13 heteroatoms. The van der Waals surface area contributed by atoms with Crippen LogP contribution in [-0.4, -0.2) is 102 Å². The Balaban J connectivity index is 0.00000197. The largest absolute Gasteiger partial charge is 0.449 e. The molecule has 49 heavy (non-hydrogen) atoms. The molecule has 2 heterocycles. The van der Waals surface area contributed by atoms with Gasteiger partial charge in [-0.25, -0.2) is 9.59 Å². The maximum atomic E-state index is 14.2. The maximum Gasteiger partial charge on any atom is 0.409 e. The molecule has 2 aliphatic heterocycles.